The Labute approximate surface area is 139 Å². The van der Waals surface area contributed by atoms with Gasteiger partial charge in [-0.15, -0.1) is 0 Å². The third-order valence-electron chi connectivity index (χ3n) is 3.02. The quantitative estimate of drug-likeness (QED) is 0.814. The Bertz CT molecular complexity index is 735. The van der Waals surface area contributed by atoms with E-state index in [0.29, 0.717) is 0 Å². The van der Waals surface area contributed by atoms with Crippen molar-refractivity contribution in [1.29, 1.82) is 0 Å². The minimum absolute atomic E-state index is 0.0520. The second-order valence-electron chi connectivity index (χ2n) is 4.71. The summed E-state index contributed by atoms with van der Waals surface area (Å²) in [6, 6.07) is 12.5. The third-order valence-corrected chi connectivity index (χ3v) is 4.11. The van der Waals surface area contributed by atoms with Gasteiger partial charge in [-0.2, -0.15) is 13.2 Å². The zero-order valence-electron chi connectivity index (χ0n) is 12.1. The van der Waals surface area contributed by atoms with Crippen molar-refractivity contribution >= 4 is 28.7 Å². The topological polar surface area (TPSA) is 66.4 Å². The van der Waals surface area contributed by atoms with Gasteiger partial charge in [-0.25, -0.2) is 4.79 Å². The summed E-state index contributed by atoms with van der Waals surface area (Å²) >= 11 is 0.0520. The summed E-state index contributed by atoms with van der Waals surface area (Å²) in [4.78, 5) is 23.0. The van der Waals surface area contributed by atoms with E-state index in [4.69, 9.17) is 5.11 Å². The summed E-state index contributed by atoms with van der Waals surface area (Å²) in [6.07, 6.45) is -4.63. The number of para-hydroxylation sites is 1. The number of carbonyl (C=O) groups is 2. The van der Waals surface area contributed by atoms with E-state index in [0.717, 1.165) is 0 Å². The van der Waals surface area contributed by atoms with Gasteiger partial charge in [-0.05, 0) is 29.5 Å². The minimum atomic E-state index is -4.63. The molecule has 0 heterocycles. The minimum Gasteiger partial charge on any atom is -0.478 e. The van der Waals surface area contributed by atoms with Crippen LogP contribution in [0.5, 0.6) is 0 Å². The second-order valence-corrected chi connectivity index (χ2v) is 5.79. The van der Waals surface area contributed by atoms with Crippen LogP contribution in [0, 0.1) is 0 Å². The molecule has 1 atom stereocenters. The standard InChI is InChI=1S/C16H12F3NO3S/c17-16(18,19)13(10-6-2-1-3-7-10)24-15(23)20-12-9-5-4-8-11(12)14(21)22/h1-9,13H,(H,20,23)(H,21,22). The van der Waals surface area contributed by atoms with E-state index in [2.05, 4.69) is 5.32 Å². The molecular formula is C16H12F3NO3S. The number of rotatable bonds is 4. The summed E-state index contributed by atoms with van der Waals surface area (Å²) in [5.41, 5.74) is -0.317. The first-order valence-electron chi connectivity index (χ1n) is 6.70. The summed E-state index contributed by atoms with van der Waals surface area (Å²) in [5.74, 6) is -1.29. The normalized spacial score (nSPS) is 12.5. The molecule has 0 aliphatic rings. The lowest BCUT2D eigenvalue weighted by Crippen LogP contribution is -2.21. The maximum atomic E-state index is 13.2. The molecule has 0 fully saturated rings. The highest BCUT2D eigenvalue weighted by atomic mass is 32.2. The highest BCUT2D eigenvalue weighted by Crippen LogP contribution is 2.43. The van der Waals surface area contributed by atoms with E-state index >= 15 is 0 Å². The zero-order valence-corrected chi connectivity index (χ0v) is 12.9. The number of hydrogen-bond acceptors (Lipinski definition) is 3. The maximum Gasteiger partial charge on any atom is 0.405 e. The molecule has 0 aromatic heterocycles. The molecule has 0 aliphatic heterocycles. The summed E-state index contributed by atoms with van der Waals surface area (Å²) in [6.45, 7) is 0. The van der Waals surface area contributed by atoms with Crippen LogP contribution in [0.25, 0.3) is 0 Å². The van der Waals surface area contributed by atoms with E-state index in [1.807, 2.05) is 0 Å². The first-order valence-corrected chi connectivity index (χ1v) is 7.58. The van der Waals surface area contributed by atoms with Gasteiger partial charge in [0.2, 0.25) is 0 Å². The predicted octanol–water partition coefficient (Wildman–Crippen LogP) is 4.95. The fraction of sp³-hybridized carbons (Fsp3) is 0.125. The average Bonchev–Trinajstić information content (AvgIpc) is 2.52. The van der Waals surface area contributed by atoms with Crippen LogP contribution in [-0.4, -0.2) is 22.5 Å². The van der Waals surface area contributed by atoms with Gasteiger partial charge in [-0.3, -0.25) is 4.79 Å². The van der Waals surface area contributed by atoms with Gasteiger partial charge in [0.05, 0.1) is 11.3 Å². The molecule has 0 saturated carbocycles. The molecule has 0 bridgehead atoms. The molecule has 126 valence electrons. The van der Waals surface area contributed by atoms with Crippen molar-refractivity contribution in [3.8, 4) is 0 Å². The van der Waals surface area contributed by atoms with Crippen LogP contribution in [-0.2, 0) is 0 Å². The smallest absolute Gasteiger partial charge is 0.405 e. The Morgan fingerprint density at radius 2 is 1.58 bits per heavy atom. The summed E-state index contributed by atoms with van der Waals surface area (Å²) in [7, 11) is 0. The van der Waals surface area contributed by atoms with Crippen LogP contribution in [0.2, 0.25) is 0 Å². The number of halogens is 3. The van der Waals surface area contributed by atoms with Crippen LogP contribution in [0.4, 0.5) is 23.7 Å². The molecule has 4 nitrogen and oxygen atoms in total. The Balaban J connectivity index is 2.19. The molecule has 0 radical (unpaired) electrons. The van der Waals surface area contributed by atoms with Gasteiger partial charge < -0.3 is 10.4 Å². The van der Waals surface area contributed by atoms with Crippen molar-refractivity contribution in [1.82, 2.24) is 0 Å². The number of carbonyl (C=O) groups excluding carboxylic acids is 1. The second kappa shape index (κ2) is 7.39. The number of anilines is 1. The maximum absolute atomic E-state index is 13.2. The van der Waals surface area contributed by atoms with Gasteiger partial charge in [0.15, 0.2) is 0 Å². The first-order chi connectivity index (χ1) is 11.3. The molecule has 0 saturated heterocycles. The molecule has 0 spiro atoms. The van der Waals surface area contributed by atoms with E-state index in [9.17, 15) is 22.8 Å². The number of alkyl halides is 3. The van der Waals surface area contributed by atoms with Crippen molar-refractivity contribution in [3.05, 3.63) is 65.7 Å². The molecule has 2 rings (SSSR count). The Kier molecular flexibility index (Phi) is 5.50. The number of carboxylic acid groups (broad SMARTS) is 1. The van der Waals surface area contributed by atoms with E-state index < -0.39 is 22.6 Å². The summed E-state index contributed by atoms with van der Waals surface area (Å²) < 4.78 is 39.7. The highest BCUT2D eigenvalue weighted by Gasteiger charge is 2.42. The fourth-order valence-electron chi connectivity index (χ4n) is 1.98. The van der Waals surface area contributed by atoms with Crippen molar-refractivity contribution in [2.45, 2.75) is 11.4 Å². The van der Waals surface area contributed by atoms with Crippen molar-refractivity contribution in [3.63, 3.8) is 0 Å². The van der Waals surface area contributed by atoms with Gasteiger partial charge >= 0.3 is 12.1 Å². The highest BCUT2D eigenvalue weighted by molar-refractivity contribution is 8.14. The molecule has 24 heavy (non-hydrogen) atoms. The molecule has 2 N–H and O–H groups in total. The lowest BCUT2D eigenvalue weighted by atomic mass is 10.1. The zero-order chi connectivity index (χ0) is 17.7. The molecule has 0 aliphatic carbocycles. The van der Waals surface area contributed by atoms with Gasteiger partial charge in [-0.1, -0.05) is 42.5 Å². The number of amides is 1. The number of carboxylic acids is 1. The predicted molar refractivity (Wildman–Crippen MR) is 85.2 cm³/mol. The van der Waals surface area contributed by atoms with Crippen LogP contribution in [0.1, 0.15) is 21.2 Å². The number of nitrogens with one attached hydrogen (secondary N) is 1. The van der Waals surface area contributed by atoms with Crippen LogP contribution >= 0.6 is 11.8 Å². The van der Waals surface area contributed by atoms with E-state index in [1.54, 1.807) is 6.07 Å². The van der Waals surface area contributed by atoms with Crippen molar-refractivity contribution in [2.75, 3.05) is 5.32 Å². The first kappa shape index (κ1) is 17.9. The monoisotopic (exact) mass is 355 g/mol. The molecule has 2 aromatic rings. The van der Waals surface area contributed by atoms with Crippen molar-refractivity contribution < 1.29 is 27.9 Å². The Hall–Kier alpha value is -2.48. The SMILES string of the molecule is O=C(Nc1ccccc1C(=O)O)SC(c1ccccc1)C(F)(F)F. The van der Waals surface area contributed by atoms with Crippen LogP contribution in [0.3, 0.4) is 0 Å². The largest absolute Gasteiger partial charge is 0.478 e. The Morgan fingerprint density at radius 1 is 1.00 bits per heavy atom. The van der Waals surface area contributed by atoms with Gasteiger partial charge in [0.1, 0.15) is 5.25 Å². The van der Waals surface area contributed by atoms with E-state index in [1.165, 1.54) is 48.5 Å². The fourth-order valence-corrected chi connectivity index (χ4v) is 2.79. The number of hydrogen-bond donors (Lipinski definition) is 2. The van der Waals surface area contributed by atoms with Gasteiger partial charge in [0, 0.05) is 0 Å². The Morgan fingerprint density at radius 3 is 2.17 bits per heavy atom. The molecule has 8 heteroatoms. The number of thioether (sulfide) groups is 1. The van der Waals surface area contributed by atoms with Crippen LogP contribution in [0.15, 0.2) is 54.6 Å². The molecular weight excluding hydrogens is 343 g/mol. The average molecular weight is 355 g/mol. The van der Waals surface area contributed by atoms with E-state index in [-0.39, 0.29) is 28.6 Å². The van der Waals surface area contributed by atoms with Gasteiger partial charge in [0.25, 0.3) is 5.24 Å². The third kappa shape index (κ3) is 4.51. The molecule has 1 amide bonds. The molecule has 1 unspecified atom stereocenters. The lowest BCUT2D eigenvalue weighted by molar-refractivity contribution is -0.129. The number of benzene rings is 2. The van der Waals surface area contributed by atoms with Crippen molar-refractivity contribution in [2.24, 2.45) is 0 Å². The summed E-state index contributed by atoms with van der Waals surface area (Å²) in [5, 5.41) is 8.20. The lowest BCUT2D eigenvalue weighted by Gasteiger charge is -2.19. The van der Waals surface area contributed by atoms with Crippen LogP contribution < -0.4 is 5.32 Å². The molecule has 2 aromatic carbocycles. The number of aromatic carboxylic acids is 1.